The molecule has 124 valence electrons. The summed E-state index contributed by atoms with van der Waals surface area (Å²) in [5, 5.41) is 7.81. The maximum Gasteiger partial charge on any atom is 0.326 e. The third-order valence-corrected chi connectivity index (χ3v) is 2.89. The summed E-state index contributed by atoms with van der Waals surface area (Å²) in [6, 6.07) is 8.48. The number of carbonyl (C=O) groups is 2. The molecule has 0 aliphatic rings. The summed E-state index contributed by atoms with van der Waals surface area (Å²) < 4.78 is 26.9. The first kappa shape index (κ1) is 17.1. The normalized spacial score (nSPS) is 10.5. The molecule has 0 bridgehead atoms. The molecule has 2 aromatic rings. The number of benzene rings is 2. The predicted molar refractivity (Wildman–Crippen MR) is 83.9 cm³/mol. The highest BCUT2D eigenvalue weighted by molar-refractivity contribution is 6.08. The van der Waals surface area contributed by atoms with Crippen LogP contribution >= 0.6 is 0 Å². The zero-order valence-electron chi connectivity index (χ0n) is 12.5. The van der Waals surface area contributed by atoms with Crippen molar-refractivity contribution in [3.63, 3.8) is 0 Å². The lowest BCUT2D eigenvalue weighted by atomic mass is 10.2. The van der Waals surface area contributed by atoms with Crippen molar-refractivity contribution in [3.8, 4) is 0 Å². The average Bonchev–Trinajstić information content (AvgIpc) is 2.54. The summed E-state index contributed by atoms with van der Waals surface area (Å²) >= 11 is 0. The fourth-order valence-electron chi connectivity index (χ4n) is 1.81. The van der Waals surface area contributed by atoms with Gasteiger partial charge < -0.3 is 10.2 Å². The van der Waals surface area contributed by atoms with Crippen molar-refractivity contribution in [2.45, 2.75) is 0 Å². The van der Waals surface area contributed by atoms with Crippen LogP contribution in [0, 0.1) is 11.6 Å². The van der Waals surface area contributed by atoms with Gasteiger partial charge in [-0.05, 0) is 29.8 Å². The van der Waals surface area contributed by atoms with Gasteiger partial charge in [-0.3, -0.25) is 10.1 Å². The summed E-state index contributed by atoms with van der Waals surface area (Å²) in [6.45, 7) is 0. The number of amides is 3. The van der Waals surface area contributed by atoms with Gasteiger partial charge in [0.2, 0.25) is 0 Å². The van der Waals surface area contributed by atoms with Crippen LogP contribution in [-0.4, -0.2) is 25.3 Å². The zero-order valence-corrected chi connectivity index (χ0v) is 12.5. The van der Waals surface area contributed by atoms with E-state index in [4.69, 9.17) is 0 Å². The Hall–Kier alpha value is -3.29. The monoisotopic (exact) mass is 333 g/mol. The van der Waals surface area contributed by atoms with E-state index >= 15 is 0 Å². The van der Waals surface area contributed by atoms with Crippen molar-refractivity contribution in [2.75, 3.05) is 12.4 Å². The number of oxime groups is 1. The molecule has 8 heteroatoms. The van der Waals surface area contributed by atoms with Gasteiger partial charge in [0.1, 0.15) is 24.3 Å². The van der Waals surface area contributed by atoms with Gasteiger partial charge in [0.25, 0.3) is 5.91 Å². The zero-order chi connectivity index (χ0) is 17.5. The van der Waals surface area contributed by atoms with Crippen LogP contribution in [0.3, 0.4) is 0 Å². The van der Waals surface area contributed by atoms with Crippen LogP contribution in [0.4, 0.5) is 19.3 Å². The third-order valence-electron chi connectivity index (χ3n) is 2.89. The molecule has 24 heavy (non-hydrogen) atoms. The third kappa shape index (κ3) is 4.35. The first-order chi connectivity index (χ1) is 11.5. The van der Waals surface area contributed by atoms with Crippen molar-refractivity contribution < 1.29 is 23.2 Å². The van der Waals surface area contributed by atoms with Crippen LogP contribution in [0.5, 0.6) is 0 Å². The smallest absolute Gasteiger partial charge is 0.326 e. The van der Waals surface area contributed by atoms with E-state index in [0.717, 1.165) is 23.8 Å². The second-order valence-corrected chi connectivity index (χ2v) is 4.54. The second-order valence-electron chi connectivity index (χ2n) is 4.54. The van der Waals surface area contributed by atoms with Crippen LogP contribution in [0.1, 0.15) is 15.9 Å². The van der Waals surface area contributed by atoms with Crippen molar-refractivity contribution in [1.29, 1.82) is 0 Å². The van der Waals surface area contributed by atoms with E-state index < -0.39 is 29.1 Å². The largest absolute Gasteiger partial charge is 0.399 e. The number of imide groups is 1. The van der Waals surface area contributed by atoms with Gasteiger partial charge in [0.15, 0.2) is 0 Å². The molecule has 0 aliphatic carbocycles. The summed E-state index contributed by atoms with van der Waals surface area (Å²) in [7, 11) is 1.41. The lowest BCUT2D eigenvalue weighted by molar-refractivity contribution is 0.0959. The molecule has 0 atom stereocenters. The molecular weight excluding hydrogens is 320 g/mol. The molecule has 0 saturated carbocycles. The quantitative estimate of drug-likeness (QED) is 0.667. The average molecular weight is 333 g/mol. The Balaban J connectivity index is 2.00. The highest BCUT2D eigenvalue weighted by atomic mass is 19.1. The second kappa shape index (κ2) is 7.82. The van der Waals surface area contributed by atoms with Gasteiger partial charge in [-0.15, -0.1) is 0 Å². The first-order valence-electron chi connectivity index (χ1n) is 6.74. The summed E-state index contributed by atoms with van der Waals surface area (Å²) in [4.78, 5) is 28.1. The van der Waals surface area contributed by atoms with E-state index in [9.17, 15) is 18.4 Å². The number of anilines is 1. The molecule has 2 rings (SSSR count). The number of halogens is 2. The molecule has 6 nitrogen and oxygen atoms in total. The number of hydrogen-bond acceptors (Lipinski definition) is 4. The minimum Gasteiger partial charge on any atom is -0.399 e. The minimum atomic E-state index is -1.17. The van der Waals surface area contributed by atoms with Gasteiger partial charge in [0, 0.05) is 5.69 Å². The van der Waals surface area contributed by atoms with E-state index in [-0.39, 0.29) is 0 Å². The van der Waals surface area contributed by atoms with Gasteiger partial charge in [-0.2, -0.15) is 0 Å². The Labute approximate surface area is 136 Å². The van der Waals surface area contributed by atoms with Crippen LogP contribution in [0.25, 0.3) is 0 Å². The number of nitrogens with one attached hydrogen (secondary N) is 2. The summed E-state index contributed by atoms with van der Waals surface area (Å²) in [5.74, 6) is -3.28. The fraction of sp³-hybridized carbons (Fsp3) is 0.0625. The first-order valence-corrected chi connectivity index (χ1v) is 6.74. The molecule has 0 unspecified atom stereocenters. The Morgan fingerprint density at radius 3 is 2.29 bits per heavy atom. The molecule has 0 aromatic heterocycles. The number of hydrogen-bond donors (Lipinski definition) is 2. The molecule has 3 amide bonds. The number of urea groups is 1. The van der Waals surface area contributed by atoms with E-state index in [1.807, 2.05) is 5.32 Å². The van der Waals surface area contributed by atoms with Crippen molar-refractivity contribution >= 4 is 23.8 Å². The molecule has 2 N–H and O–H groups in total. The Kier molecular flexibility index (Phi) is 5.56. The molecule has 0 saturated heterocycles. The number of carbonyl (C=O) groups excluding carboxylic acids is 2. The molecule has 0 spiro atoms. The van der Waals surface area contributed by atoms with E-state index in [2.05, 4.69) is 15.3 Å². The fourth-order valence-corrected chi connectivity index (χ4v) is 1.81. The van der Waals surface area contributed by atoms with Crippen LogP contribution in [-0.2, 0) is 4.84 Å². The molecule has 0 radical (unpaired) electrons. The molecule has 0 heterocycles. The predicted octanol–water partition coefficient (Wildman–Crippen LogP) is 2.91. The molecule has 0 aliphatic heterocycles. The summed E-state index contributed by atoms with van der Waals surface area (Å²) in [6.07, 6.45) is 1.47. The number of nitrogens with zero attached hydrogens (tertiary/aromatic N) is 1. The van der Waals surface area contributed by atoms with Crippen molar-refractivity contribution in [1.82, 2.24) is 5.32 Å². The Morgan fingerprint density at radius 2 is 1.71 bits per heavy atom. The highest BCUT2D eigenvalue weighted by Gasteiger charge is 2.19. The standard InChI is InChI=1S/C16H13F2N3O3/c1-24-19-9-10-5-7-11(8-6-10)20-16(23)21-15(22)14-12(17)3-2-4-13(14)18/h2-9H,1H3,(H2,20,21,22,23)/b19-9+. The molecular formula is C16H13F2N3O3. The van der Waals surface area contributed by atoms with Crippen molar-refractivity contribution in [2.24, 2.45) is 5.16 Å². The van der Waals surface area contributed by atoms with E-state index in [0.29, 0.717) is 5.69 Å². The highest BCUT2D eigenvalue weighted by Crippen LogP contribution is 2.12. The minimum absolute atomic E-state index is 0.379. The lowest BCUT2D eigenvalue weighted by Gasteiger charge is -2.08. The SMILES string of the molecule is CO/N=C/c1ccc(NC(=O)NC(=O)c2c(F)cccc2F)cc1. The van der Waals surface area contributed by atoms with E-state index in [1.165, 1.54) is 13.3 Å². The van der Waals surface area contributed by atoms with Gasteiger partial charge >= 0.3 is 6.03 Å². The molecule has 2 aromatic carbocycles. The number of rotatable bonds is 4. The van der Waals surface area contributed by atoms with Crippen LogP contribution in [0.15, 0.2) is 47.6 Å². The lowest BCUT2D eigenvalue weighted by Crippen LogP contribution is -2.35. The maximum absolute atomic E-state index is 13.5. The summed E-state index contributed by atoms with van der Waals surface area (Å²) in [5.41, 5.74) is 0.287. The van der Waals surface area contributed by atoms with E-state index in [1.54, 1.807) is 24.3 Å². The van der Waals surface area contributed by atoms with Gasteiger partial charge in [-0.25, -0.2) is 13.6 Å². The Morgan fingerprint density at radius 1 is 1.08 bits per heavy atom. The molecule has 0 fully saturated rings. The van der Waals surface area contributed by atoms with Crippen LogP contribution < -0.4 is 10.6 Å². The Bertz CT molecular complexity index is 756. The van der Waals surface area contributed by atoms with Crippen molar-refractivity contribution in [3.05, 3.63) is 65.2 Å². The topological polar surface area (TPSA) is 79.8 Å². The van der Waals surface area contributed by atoms with Crippen LogP contribution in [0.2, 0.25) is 0 Å². The maximum atomic E-state index is 13.5. The van der Waals surface area contributed by atoms with Gasteiger partial charge in [-0.1, -0.05) is 23.4 Å². The van der Waals surface area contributed by atoms with Gasteiger partial charge in [0.05, 0.1) is 6.21 Å².